The normalized spacial score (nSPS) is 12.8. The topological polar surface area (TPSA) is 26.3 Å². The van der Waals surface area contributed by atoms with E-state index in [9.17, 15) is 4.79 Å². The maximum absolute atomic E-state index is 11.2. The highest BCUT2D eigenvalue weighted by molar-refractivity contribution is 9.10. The highest BCUT2D eigenvalue weighted by Crippen LogP contribution is 2.25. The highest BCUT2D eigenvalue weighted by Gasteiger charge is 2.28. The molecular weight excluding hydrogens is 318 g/mol. The van der Waals surface area contributed by atoms with Gasteiger partial charge in [0.15, 0.2) is 0 Å². The van der Waals surface area contributed by atoms with Gasteiger partial charge in [-0.3, -0.25) is 4.79 Å². The Hall–Kier alpha value is 1.04. The average Bonchev–Trinajstić information content (AvgIpc) is 1.82. The van der Waals surface area contributed by atoms with Crippen molar-refractivity contribution in [3.8, 4) is 0 Å². The van der Waals surface area contributed by atoms with E-state index in [1.807, 2.05) is 0 Å². The van der Waals surface area contributed by atoms with E-state index in [0.29, 0.717) is 6.04 Å². The third kappa shape index (κ3) is 8.06. The summed E-state index contributed by atoms with van der Waals surface area (Å²) in [7, 11) is 0. The Morgan fingerprint density at radius 3 is 2.23 bits per heavy atom. The van der Waals surface area contributed by atoms with Gasteiger partial charge in [0.1, 0.15) is 4.32 Å². The number of hydrogen-bond acceptors (Lipinski definition) is 2. The van der Waals surface area contributed by atoms with E-state index in [0.717, 1.165) is 0 Å². The molecule has 0 bridgehead atoms. The van der Waals surface area contributed by atoms with Gasteiger partial charge in [-0.25, -0.2) is 0 Å². The second kappa shape index (κ2) is 5.21. The van der Waals surface area contributed by atoms with Gasteiger partial charge in [-0.05, 0) is 13.8 Å². The Balaban J connectivity index is 3.74. The van der Waals surface area contributed by atoms with Crippen molar-refractivity contribution in [1.29, 1.82) is 0 Å². The monoisotopic (exact) mass is 326 g/mol. The second-order valence-electron chi connectivity index (χ2n) is 2.97. The molecule has 0 amide bonds. The molecule has 0 fully saturated rings. The van der Waals surface area contributed by atoms with Crippen LogP contribution in [0, 0.1) is 0 Å². The third-order valence-electron chi connectivity index (χ3n) is 1.10. The van der Waals surface area contributed by atoms with Crippen molar-refractivity contribution in [3.05, 3.63) is 0 Å². The number of esters is 1. The first-order chi connectivity index (χ1) is 5.63. The number of carbonyl (C=O) groups is 1. The zero-order chi connectivity index (χ0) is 10.7. The lowest BCUT2D eigenvalue weighted by Gasteiger charge is -2.15. The highest BCUT2D eigenvalue weighted by atomic mass is 79.9. The number of halogens is 4. The Kier molecular flexibility index (Phi) is 5.63. The minimum atomic E-state index is -2.66. The Labute approximate surface area is 101 Å². The van der Waals surface area contributed by atoms with Crippen LogP contribution in [0.5, 0.6) is 0 Å². The van der Waals surface area contributed by atoms with Crippen molar-refractivity contribution in [1.82, 2.24) is 0 Å². The summed E-state index contributed by atoms with van der Waals surface area (Å²) in [6.07, 6.45) is 0. The van der Waals surface area contributed by atoms with E-state index in [4.69, 9.17) is 38.0 Å². The maximum Gasteiger partial charge on any atom is 0.344 e. The van der Waals surface area contributed by atoms with E-state index >= 15 is 0 Å². The van der Waals surface area contributed by atoms with E-state index in [1.54, 1.807) is 13.8 Å². The van der Waals surface area contributed by atoms with Crippen LogP contribution < -0.4 is 0 Å². The summed E-state index contributed by atoms with van der Waals surface area (Å²) in [5.74, 6) is -0.351. The van der Waals surface area contributed by atoms with Gasteiger partial charge in [-0.2, -0.15) is 0 Å². The maximum atomic E-state index is 11.2. The van der Waals surface area contributed by atoms with Gasteiger partial charge in [-0.15, -0.1) is 33.2 Å². The van der Waals surface area contributed by atoms with Gasteiger partial charge in [0, 0.05) is 6.04 Å². The summed E-state index contributed by atoms with van der Waals surface area (Å²) in [6.45, 7) is 3.56. The van der Waals surface area contributed by atoms with E-state index in [2.05, 4.69) is 15.9 Å². The predicted molar refractivity (Wildman–Crippen MR) is 62.1 cm³/mol. The fraction of sp³-hybridized carbons (Fsp3) is 0.833. The molecule has 0 unspecified atom stereocenters. The van der Waals surface area contributed by atoms with Crippen molar-refractivity contribution in [2.75, 3.05) is 6.61 Å². The molecule has 0 aromatic rings. The van der Waals surface area contributed by atoms with Gasteiger partial charge in [0.05, 0.1) is 6.61 Å². The summed E-state index contributed by atoms with van der Waals surface area (Å²) >= 11 is 20.0. The van der Waals surface area contributed by atoms with E-state index < -0.39 is 10.3 Å². The minimum Gasteiger partial charge on any atom is -0.465 e. The van der Waals surface area contributed by atoms with Gasteiger partial charge < -0.3 is 4.74 Å². The molecule has 0 saturated carbocycles. The van der Waals surface area contributed by atoms with Crippen LogP contribution in [0.15, 0.2) is 0 Å². The van der Waals surface area contributed by atoms with Crippen LogP contribution in [0.1, 0.15) is 13.8 Å². The van der Waals surface area contributed by atoms with Crippen LogP contribution >= 0.6 is 49.2 Å². The van der Waals surface area contributed by atoms with Gasteiger partial charge in [0.25, 0.3) is 0 Å². The molecule has 2 nitrogen and oxygen atoms in total. The fourth-order valence-electron chi connectivity index (χ4n) is 0.431. The first-order valence-corrected chi connectivity index (χ1v) is 9.59. The Bertz CT molecular complexity index is 187. The van der Waals surface area contributed by atoms with Crippen LogP contribution in [0.4, 0.5) is 0 Å². The molecule has 0 aliphatic rings. The largest absolute Gasteiger partial charge is 0.465 e. The zero-order valence-electron chi connectivity index (χ0n) is 7.24. The SMILES string of the molecule is CC(C)(Br)C(=O)OCC[Si](Cl)(Cl)Cl. The first kappa shape index (κ1) is 14.0. The fourth-order valence-corrected chi connectivity index (χ4v) is 1.57. The Morgan fingerprint density at radius 1 is 1.46 bits per heavy atom. The zero-order valence-corrected chi connectivity index (χ0v) is 12.1. The molecule has 0 aliphatic heterocycles. The molecule has 0 aromatic heterocycles. The molecule has 78 valence electrons. The van der Waals surface area contributed by atoms with Crippen molar-refractivity contribution < 1.29 is 9.53 Å². The van der Waals surface area contributed by atoms with Crippen LogP contribution in [0.25, 0.3) is 0 Å². The molecule has 0 aromatic carbocycles. The number of ether oxygens (including phenoxy) is 1. The summed E-state index contributed by atoms with van der Waals surface area (Å²) in [5.41, 5.74) is 0. The second-order valence-corrected chi connectivity index (χ2v) is 14.2. The van der Waals surface area contributed by atoms with Gasteiger partial charge in [0.2, 0.25) is 0 Å². The first-order valence-electron chi connectivity index (χ1n) is 3.56. The molecular formula is C6H10BrCl3O2Si. The Morgan fingerprint density at radius 2 is 1.92 bits per heavy atom. The lowest BCUT2D eigenvalue weighted by Crippen LogP contribution is -2.28. The third-order valence-corrected chi connectivity index (χ3v) is 3.90. The van der Waals surface area contributed by atoms with E-state index in [1.165, 1.54) is 0 Å². The number of hydrogen-bond donors (Lipinski definition) is 0. The van der Waals surface area contributed by atoms with Crippen molar-refractivity contribution in [2.45, 2.75) is 24.2 Å². The average molecular weight is 328 g/mol. The predicted octanol–water partition coefficient (Wildman–Crippen LogP) is 3.36. The number of rotatable bonds is 4. The summed E-state index contributed by atoms with van der Waals surface area (Å²) in [4.78, 5) is 11.2. The smallest absolute Gasteiger partial charge is 0.344 e. The molecule has 0 rings (SSSR count). The standard InChI is InChI=1S/C6H10BrCl3O2Si/c1-6(2,7)5(11)12-3-4-13(8,9)10/h3-4H2,1-2H3. The summed E-state index contributed by atoms with van der Waals surface area (Å²) in [6, 6.07) is -2.33. The number of alkyl halides is 1. The van der Waals surface area contributed by atoms with Crippen molar-refractivity contribution in [3.63, 3.8) is 0 Å². The van der Waals surface area contributed by atoms with Crippen LogP contribution in [-0.4, -0.2) is 22.9 Å². The molecule has 0 spiro atoms. The molecule has 7 heteroatoms. The van der Waals surface area contributed by atoms with Crippen molar-refractivity contribution >= 4 is 61.1 Å². The minimum absolute atomic E-state index is 0.163. The lowest BCUT2D eigenvalue weighted by molar-refractivity contribution is -0.144. The quantitative estimate of drug-likeness (QED) is 0.342. The van der Waals surface area contributed by atoms with Crippen LogP contribution in [0.3, 0.4) is 0 Å². The van der Waals surface area contributed by atoms with Gasteiger partial charge in [-0.1, -0.05) is 15.9 Å². The molecule has 0 radical (unpaired) electrons. The number of carbonyl (C=O) groups excluding carboxylic acids is 1. The van der Waals surface area contributed by atoms with Gasteiger partial charge >= 0.3 is 12.0 Å². The van der Waals surface area contributed by atoms with Crippen molar-refractivity contribution in [2.24, 2.45) is 0 Å². The molecule has 0 aliphatic carbocycles. The van der Waals surface area contributed by atoms with E-state index in [-0.39, 0.29) is 12.6 Å². The molecule has 0 N–H and O–H groups in total. The summed E-state index contributed by atoms with van der Waals surface area (Å²) in [5, 5.41) is 0. The molecule has 13 heavy (non-hydrogen) atoms. The van der Waals surface area contributed by atoms with Crippen LogP contribution in [0.2, 0.25) is 6.04 Å². The lowest BCUT2D eigenvalue weighted by atomic mass is 10.2. The molecule has 0 atom stereocenters. The molecule has 0 saturated heterocycles. The van der Waals surface area contributed by atoms with Crippen LogP contribution in [-0.2, 0) is 9.53 Å². The summed E-state index contributed by atoms with van der Waals surface area (Å²) < 4.78 is 4.20. The molecule has 0 heterocycles.